The molecule has 1 aromatic carbocycles. The smallest absolute Gasteiger partial charge is 0.321 e. The van der Waals surface area contributed by atoms with Crippen LogP contribution >= 0.6 is 0 Å². The number of amides is 4. The second-order valence-electron chi connectivity index (χ2n) is 6.67. The van der Waals surface area contributed by atoms with Gasteiger partial charge in [0, 0.05) is 37.6 Å². The standard InChI is InChI=1S/C19H32N4O4/c1-6-22(11-14(4)24)18(26)20-16-9-8-13(3)17(10-16)21-19(27)23(7-2)12-15(5)25/h8-10,14-15,24-25H,6-7,11-12H2,1-5H3,(H,20,26)(H,21,27)/t14-,15-/m1/s1. The SMILES string of the molecule is CCN(C[C@@H](C)O)C(=O)Nc1ccc(C)c(NC(=O)N(CC)C[C@@H](C)O)c1. The number of carbonyl (C=O) groups excluding carboxylic acids is 2. The van der Waals surface area contributed by atoms with Crippen molar-refractivity contribution in [3.05, 3.63) is 23.8 Å². The third-order valence-corrected chi connectivity index (χ3v) is 4.04. The Morgan fingerprint density at radius 2 is 1.44 bits per heavy atom. The number of carbonyl (C=O) groups is 2. The maximum atomic E-state index is 12.4. The summed E-state index contributed by atoms with van der Waals surface area (Å²) < 4.78 is 0. The maximum absolute atomic E-state index is 12.4. The Kier molecular flexibility index (Phi) is 9.04. The molecule has 0 saturated carbocycles. The van der Waals surface area contributed by atoms with Crippen molar-refractivity contribution >= 4 is 23.4 Å². The van der Waals surface area contributed by atoms with Gasteiger partial charge in [0.2, 0.25) is 0 Å². The van der Waals surface area contributed by atoms with E-state index in [0.717, 1.165) is 5.56 Å². The number of aliphatic hydroxyl groups is 2. The average Bonchev–Trinajstić information content (AvgIpc) is 2.59. The van der Waals surface area contributed by atoms with Crippen molar-refractivity contribution in [2.75, 3.05) is 36.8 Å². The molecular formula is C19H32N4O4. The molecule has 1 aromatic rings. The van der Waals surface area contributed by atoms with Crippen molar-refractivity contribution in [3.63, 3.8) is 0 Å². The van der Waals surface area contributed by atoms with Crippen molar-refractivity contribution in [1.29, 1.82) is 0 Å². The molecule has 8 heteroatoms. The number of likely N-dealkylation sites (N-methyl/N-ethyl adjacent to an activating group) is 2. The van der Waals surface area contributed by atoms with Gasteiger partial charge in [0.05, 0.1) is 12.2 Å². The van der Waals surface area contributed by atoms with Crippen LogP contribution in [0.5, 0.6) is 0 Å². The van der Waals surface area contributed by atoms with Crippen molar-refractivity contribution in [2.24, 2.45) is 0 Å². The molecule has 1 rings (SSSR count). The Balaban J connectivity index is 2.87. The van der Waals surface area contributed by atoms with Gasteiger partial charge in [-0.2, -0.15) is 0 Å². The zero-order valence-corrected chi connectivity index (χ0v) is 16.8. The first-order valence-corrected chi connectivity index (χ1v) is 9.26. The van der Waals surface area contributed by atoms with Crippen molar-refractivity contribution in [3.8, 4) is 0 Å². The van der Waals surface area contributed by atoms with Crippen LogP contribution in [0.2, 0.25) is 0 Å². The molecule has 27 heavy (non-hydrogen) atoms. The number of nitrogens with zero attached hydrogens (tertiary/aromatic N) is 2. The van der Waals surface area contributed by atoms with Crippen LogP contribution in [0.25, 0.3) is 0 Å². The van der Waals surface area contributed by atoms with Gasteiger partial charge in [-0.3, -0.25) is 0 Å². The van der Waals surface area contributed by atoms with Crippen LogP contribution in [0.3, 0.4) is 0 Å². The number of hydrogen-bond acceptors (Lipinski definition) is 4. The number of aryl methyl sites for hydroxylation is 1. The number of nitrogens with one attached hydrogen (secondary N) is 2. The highest BCUT2D eigenvalue weighted by molar-refractivity contribution is 5.93. The molecule has 0 bridgehead atoms. The molecule has 0 spiro atoms. The number of aliphatic hydroxyl groups excluding tert-OH is 2. The van der Waals surface area contributed by atoms with Crippen molar-refractivity contribution < 1.29 is 19.8 Å². The fraction of sp³-hybridized carbons (Fsp3) is 0.579. The normalized spacial score (nSPS) is 12.9. The molecular weight excluding hydrogens is 348 g/mol. The molecule has 0 aliphatic carbocycles. The first-order chi connectivity index (χ1) is 12.7. The molecule has 152 valence electrons. The minimum Gasteiger partial charge on any atom is -0.392 e. The highest BCUT2D eigenvalue weighted by Gasteiger charge is 2.17. The Morgan fingerprint density at radius 1 is 0.963 bits per heavy atom. The number of benzene rings is 1. The predicted octanol–water partition coefficient (Wildman–Crippen LogP) is 2.46. The van der Waals surface area contributed by atoms with Gasteiger partial charge in [0.25, 0.3) is 0 Å². The van der Waals surface area contributed by atoms with Crippen LogP contribution in [-0.2, 0) is 0 Å². The summed E-state index contributed by atoms with van der Waals surface area (Å²) in [7, 11) is 0. The minimum absolute atomic E-state index is 0.239. The van der Waals surface area contributed by atoms with E-state index in [1.807, 2.05) is 20.8 Å². The lowest BCUT2D eigenvalue weighted by Gasteiger charge is -2.24. The molecule has 0 radical (unpaired) electrons. The van der Waals surface area contributed by atoms with Gasteiger partial charge in [0.1, 0.15) is 0 Å². The zero-order chi connectivity index (χ0) is 20.6. The molecule has 8 nitrogen and oxygen atoms in total. The number of urea groups is 2. The van der Waals surface area contributed by atoms with Crippen LogP contribution in [0, 0.1) is 6.92 Å². The predicted molar refractivity (Wildman–Crippen MR) is 107 cm³/mol. The van der Waals surface area contributed by atoms with Gasteiger partial charge in [-0.15, -0.1) is 0 Å². The summed E-state index contributed by atoms with van der Waals surface area (Å²) in [5.41, 5.74) is 1.98. The van der Waals surface area contributed by atoms with Gasteiger partial charge in [-0.25, -0.2) is 9.59 Å². The summed E-state index contributed by atoms with van der Waals surface area (Å²) in [5, 5.41) is 24.6. The van der Waals surface area contributed by atoms with Crippen LogP contribution in [-0.4, -0.2) is 70.5 Å². The quantitative estimate of drug-likeness (QED) is 0.556. The number of rotatable bonds is 8. The molecule has 0 fully saturated rings. The largest absolute Gasteiger partial charge is 0.392 e. The molecule has 0 aromatic heterocycles. The number of anilines is 2. The van der Waals surface area contributed by atoms with Crippen molar-refractivity contribution in [1.82, 2.24) is 9.80 Å². The summed E-state index contributed by atoms with van der Waals surface area (Å²) >= 11 is 0. The Bertz CT molecular complexity index is 634. The molecule has 0 saturated heterocycles. The topological polar surface area (TPSA) is 105 Å². The monoisotopic (exact) mass is 380 g/mol. The molecule has 4 N–H and O–H groups in total. The molecule has 0 aliphatic rings. The van der Waals surface area contributed by atoms with E-state index in [9.17, 15) is 19.8 Å². The number of hydrogen-bond donors (Lipinski definition) is 4. The Morgan fingerprint density at radius 3 is 1.89 bits per heavy atom. The van der Waals surface area contributed by atoms with E-state index < -0.39 is 12.2 Å². The maximum Gasteiger partial charge on any atom is 0.321 e. The summed E-state index contributed by atoms with van der Waals surface area (Å²) in [4.78, 5) is 27.8. The van der Waals surface area contributed by atoms with Gasteiger partial charge in [0.15, 0.2) is 0 Å². The van der Waals surface area contributed by atoms with Crippen LogP contribution in [0.15, 0.2) is 18.2 Å². The van der Waals surface area contributed by atoms with E-state index in [0.29, 0.717) is 24.5 Å². The lowest BCUT2D eigenvalue weighted by atomic mass is 10.2. The third kappa shape index (κ3) is 7.44. The van der Waals surface area contributed by atoms with Crippen molar-refractivity contribution in [2.45, 2.75) is 46.8 Å². The lowest BCUT2D eigenvalue weighted by molar-refractivity contribution is 0.141. The van der Waals surface area contributed by atoms with Gasteiger partial charge < -0.3 is 30.6 Å². The van der Waals surface area contributed by atoms with E-state index in [4.69, 9.17) is 0 Å². The molecule has 0 aliphatic heterocycles. The van der Waals surface area contributed by atoms with Gasteiger partial charge in [-0.1, -0.05) is 6.07 Å². The highest BCUT2D eigenvalue weighted by Crippen LogP contribution is 2.21. The minimum atomic E-state index is -0.614. The Labute approximate surface area is 161 Å². The fourth-order valence-corrected chi connectivity index (χ4v) is 2.58. The summed E-state index contributed by atoms with van der Waals surface area (Å²) in [6.07, 6.45) is -1.23. The highest BCUT2D eigenvalue weighted by atomic mass is 16.3. The first-order valence-electron chi connectivity index (χ1n) is 9.26. The van der Waals surface area contributed by atoms with Crippen LogP contribution < -0.4 is 10.6 Å². The van der Waals surface area contributed by atoms with Crippen LogP contribution in [0.4, 0.5) is 21.0 Å². The molecule has 4 amide bonds. The fourth-order valence-electron chi connectivity index (χ4n) is 2.58. The van der Waals surface area contributed by atoms with E-state index in [-0.39, 0.29) is 25.2 Å². The molecule has 0 heterocycles. The second kappa shape index (κ2) is 10.7. The Hall–Kier alpha value is -2.32. The van der Waals surface area contributed by atoms with E-state index in [2.05, 4.69) is 10.6 Å². The summed E-state index contributed by atoms with van der Waals surface area (Å²) in [6, 6.07) is 4.63. The van der Waals surface area contributed by atoms with Crippen LogP contribution in [0.1, 0.15) is 33.3 Å². The average molecular weight is 380 g/mol. The third-order valence-electron chi connectivity index (χ3n) is 4.04. The van der Waals surface area contributed by atoms with E-state index in [1.165, 1.54) is 9.80 Å². The summed E-state index contributed by atoms with van der Waals surface area (Å²) in [6.45, 7) is 10.2. The molecule has 2 atom stereocenters. The van der Waals surface area contributed by atoms with Gasteiger partial charge in [-0.05, 0) is 52.3 Å². The zero-order valence-electron chi connectivity index (χ0n) is 16.8. The first kappa shape index (κ1) is 22.7. The van der Waals surface area contributed by atoms with E-state index >= 15 is 0 Å². The summed E-state index contributed by atoms with van der Waals surface area (Å²) in [5.74, 6) is 0. The lowest BCUT2D eigenvalue weighted by Crippen LogP contribution is -2.39. The van der Waals surface area contributed by atoms with E-state index in [1.54, 1.807) is 32.0 Å². The van der Waals surface area contributed by atoms with Gasteiger partial charge >= 0.3 is 12.1 Å². The molecule has 0 unspecified atom stereocenters. The second-order valence-corrected chi connectivity index (χ2v) is 6.67.